The van der Waals surface area contributed by atoms with Crippen molar-refractivity contribution in [3.63, 3.8) is 0 Å². The number of aliphatic imine (C=N–C) groups is 1. The number of anilines is 1. The maximum Gasteiger partial charge on any atom is 0.326 e. The summed E-state index contributed by atoms with van der Waals surface area (Å²) in [5.74, 6) is 0.330. The number of pyridine rings is 1. The van der Waals surface area contributed by atoms with Crippen molar-refractivity contribution in [3.05, 3.63) is 35.7 Å². The van der Waals surface area contributed by atoms with E-state index >= 15 is 0 Å². The number of nitrogens with one attached hydrogen (secondary N) is 3. The standard InChI is InChI=1S/C24H33N5O4/c30-21(31)19(29-23(32)24(10-11-24)22-26-13-4-14-27-22)9-16-33-15-2-1-6-18-8-7-17-5-3-12-25-20(17)28-18/h4,7-8,13,19H,1-3,5-6,9-12,14-16H2,(H,25,28)(H,26,27)(H,29,32)(H,30,31). The quantitative estimate of drug-likeness (QED) is 0.356. The fourth-order valence-electron chi connectivity index (χ4n) is 4.24. The zero-order valence-corrected chi connectivity index (χ0v) is 18.9. The first-order chi connectivity index (χ1) is 16.1. The summed E-state index contributed by atoms with van der Waals surface area (Å²) in [5, 5.41) is 18.6. The van der Waals surface area contributed by atoms with Gasteiger partial charge in [-0.05, 0) is 68.9 Å². The summed E-state index contributed by atoms with van der Waals surface area (Å²) in [6, 6.07) is 3.30. The molecular weight excluding hydrogens is 422 g/mol. The number of carboxylic acid groups (broad SMARTS) is 1. The molecule has 178 valence electrons. The van der Waals surface area contributed by atoms with Crippen LogP contribution in [0.1, 0.15) is 49.8 Å². The van der Waals surface area contributed by atoms with Gasteiger partial charge in [0.1, 0.15) is 23.1 Å². The first kappa shape index (κ1) is 23.2. The van der Waals surface area contributed by atoms with Gasteiger partial charge in [0, 0.05) is 31.9 Å². The molecule has 2 aliphatic heterocycles. The molecule has 9 nitrogen and oxygen atoms in total. The second-order valence-corrected chi connectivity index (χ2v) is 8.88. The van der Waals surface area contributed by atoms with Crippen molar-refractivity contribution in [2.75, 3.05) is 31.6 Å². The topological polar surface area (TPSA) is 125 Å². The Labute approximate surface area is 194 Å². The van der Waals surface area contributed by atoms with Crippen LogP contribution in [0.4, 0.5) is 5.82 Å². The fraction of sp³-hybridized carbons (Fsp3) is 0.583. The fourth-order valence-corrected chi connectivity index (χ4v) is 4.24. The third kappa shape index (κ3) is 5.90. The van der Waals surface area contributed by atoms with Gasteiger partial charge in [-0.2, -0.15) is 0 Å². The van der Waals surface area contributed by atoms with Gasteiger partial charge in [0.2, 0.25) is 5.91 Å². The number of rotatable bonds is 12. The Balaban J connectivity index is 1.14. The molecule has 1 unspecified atom stereocenters. The Morgan fingerprint density at radius 2 is 2.12 bits per heavy atom. The van der Waals surface area contributed by atoms with Gasteiger partial charge in [-0.15, -0.1) is 0 Å². The van der Waals surface area contributed by atoms with Crippen molar-refractivity contribution in [1.29, 1.82) is 0 Å². The summed E-state index contributed by atoms with van der Waals surface area (Å²) in [4.78, 5) is 33.5. The molecule has 1 aliphatic carbocycles. The van der Waals surface area contributed by atoms with Gasteiger partial charge in [0.05, 0.1) is 6.54 Å². The van der Waals surface area contributed by atoms with E-state index in [2.05, 4.69) is 33.1 Å². The number of nitrogens with zero attached hydrogens (tertiary/aromatic N) is 2. The van der Waals surface area contributed by atoms with Crippen LogP contribution >= 0.6 is 0 Å². The number of ether oxygens (including phenoxy) is 1. The average molecular weight is 456 g/mol. The van der Waals surface area contributed by atoms with Gasteiger partial charge in [-0.1, -0.05) is 6.07 Å². The number of carboxylic acids is 1. The highest BCUT2D eigenvalue weighted by atomic mass is 16.5. The summed E-state index contributed by atoms with van der Waals surface area (Å²) < 4.78 is 5.65. The van der Waals surface area contributed by atoms with E-state index in [1.807, 2.05) is 6.08 Å². The summed E-state index contributed by atoms with van der Waals surface area (Å²) in [7, 11) is 0. The van der Waals surface area contributed by atoms with Crippen LogP contribution in [0.15, 0.2) is 29.4 Å². The second kappa shape index (κ2) is 10.8. The van der Waals surface area contributed by atoms with E-state index in [0.29, 0.717) is 31.8 Å². The van der Waals surface area contributed by atoms with Crippen LogP contribution in [0, 0.1) is 5.41 Å². The number of aliphatic carboxylic acids is 1. The molecule has 1 amide bonds. The molecule has 1 aromatic rings. The van der Waals surface area contributed by atoms with Crippen LogP contribution < -0.4 is 16.0 Å². The van der Waals surface area contributed by atoms with E-state index in [1.165, 1.54) is 5.56 Å². The summed E-state index contributed by atoms with van der Waals surface area (Å²) in [6.45, 7) is 2.36. The zero-order chi connectivity index (χ0) is 23.1. The maximum absolute atomic E-state index is 12.8. The SMILES string of the molecule is O=C(O)C(CCOCCCCc1ccc2c(n1)NCCC2)NC(=O)C1(C2=NCC=CN2)CC1. The minimum atomic E-state index is -1.05. The summed E-state index contributed by atoms with van der Waals surface area (Å²) >= 11 is 0. The highest BCUT2D eigenvalue weighted by Crippen LogP contribution is 2.47. The molecule has 1 atom stereocenters. The number of aromatic nitrogens is 1. The molecule has 3 aliphatic rings. The minimum Gasteiger partial charge on any atom is -0.480 e. The van der Waals surface area contributed by atoms with Crippen LogP contribution in [0.3, 0.4) is 0 Å². The Kier molecular flexibility index (Phi) is 7.59. The molecular formula is C24H33N5O4. The molecule has 1 saturated carbocycles. The number of fused-ring (bicyclic) bond motifs is 1. The normalized spacial score (nSPS) is 18.8. The molecule has 1 fully saturated rings. The minimum absolute atomic E-state index is 0.231. The predicted molar refractivity (Wildman–Crippen MR) is 125 cm³/mol. The summed E-state index contributed by atoms with van der Waals surface area (Å²) in [5.41, 5.74) is 1.67. The number of aryl methyl sites for hydroxylation is 2. The molecule has 0 bridgehead atoms. The lowest BCUT2D eigenvalue weighted by Crippen LogP contribution is -2.49. The second-order valence-electron chi connectivity index (χ2n) is 8.88. The van der Waals surface area contributed by atoms with Crippen LogP contribution in [0.2, 0.25) is 0 Å². The Morgan fingerprint density at radius 3 is 2.88 bits per heavy atom. The number of carbonyl (C=O) groups is 2. The Bertz CT molecular complexity index is 925. The van der Waals surface area contributed by atoms with E-state index in [1.54, 1.807) is 6.20 Å². The molecule has 9 heteroatoms. The molecule has 4 N–H and O–H groups in total. The van der Waals surface area contributed by atoms with Gasteiger partial charge in [0.15, 0.2) is 0 Å². The van der Waals surface area contributed by atoms with Gasteiger partial charge in [0.25, 0.3) is 0 Å². The van der Waals surface area contributed by atoms with Crippen molar-refractivity contribution >= 4 is 23.5 Å². The number of unbranched alkanes of at least 4 members (excludes halogenated alkanes) is 1. The van der Waals surface area contributed by atoms with Gasteiger partial charge in [-0.3, -0.25) is 9.79 Å². The molecule has 1 aromatic heterocycles. The highest BCUT2D eigenvalue weighted by molar-refractivity contribution is 6.11. The molecule has 33 heavy (non-hydrogen) atoms. The lowest BCUT2D eigenvalue weighted by atomic mass is 10.0. The van der Waals surface area contributed by atoms with Crippen molar-refractivity contribution < 1.29 is 19.4 Å². The third-order valence-electron chi connectivity index (χ3n) is 6.41. The van der Waals surface area contributed by atoms with Crippen molar-refractivity contribution in [1.82, 2.24) is 15.6 Å². The molecule has 0 aromatic carbocycles. The smallest absolute Gasteiger partial charge is 0.326 e. The molecule has 4 rings (SSSR count). The Hall–Kier alpha value is -2.94. The molecule has 0 saturated heterocycles. The predicted octanol–water partition coefficient (Wildman–Crippen LogP) is 2.03. The van der Waals surface area contributed by atoms with Crippen molar-refractivity contribution in [2.24, 2.45) is 10.4 Å². The number of amides is 1. The Morgan fingerprint density at radius 1 is 1.24 bits per heavy atom. The lowest BCUT2D eigenvalue weighted by Gasteiger charge is -2.22. The molecule has 0 spiro atoms. The largest absolute Gasteiger partial charge is 0.480 e. The van der Waals surface area contributed by atoms with Crippen molar-refractivity contribution in [3.8, 4) is 0 Å². The van der Waals surface area contributed by atoms with Crippen LogP contribution in [0.5, 0.6) is 0 Å². The van der Waals surface area contributed by atoms with Gasteiger partial charge in [-0.25, -0.2) is 9.78 Å². The van der Waals surface area contributed by atoms with Gasteiger partial charge >= 0.3 is 5.97 Å². The van der Waals surface area contributed by atoms with E-state index in [9.17, 15) is 14.7 Å². The number of hydrogen-bond acceptors (Lipinski definition) is 7. The number of carbonyl (C=O) groups excluding carboxylic acids is 1. The van der Waals surface area contributed by atoms with E-state index < -0.39 is 17.4 Å². The first-order valence-corrected chi connectivity index (χ1v) is 11.9. The summed E-state index contributed by atoms with van der Waals surface area (Å²) in [6.07, 6.45) is 10.2. The first-order valence-electron chi connectivity index (χ1n) is 11.9. The third-order valence-corrected chi connectivity index (χ3v) is 6.41. The van der Waals surface area contributed by atoms with E-state index in [4.69, 9.17) is 9.72 Å². The average Bonchev–Trinajstić information content (AvgIpc) is 3.65. The monoisotopic (exact) mass is 455 g/mol. The molecule has 0 radical (unpaired) electrons. The van der Waals surface area contributed by atoms with Crippen LogP contribution in [-0.2, 0) is 27.2 Å². The van der Waals surface area contributed by atoms with Crippen LogP contribution in [0.25, 0.3) is 0 Å². The lowest BCUT2D eigenvalue weighted by molar-refractivity contribution is -0.142. The van der Waals surface area contributed by atoms with Gasteiger partial charge < -0.3 is 25.8 Å². The van der Waals surface area contributed by atoms with Crippen LogP contribution in [-0.4, -0.2) is 60.1 Å². The van der Waals surface area contributed by atoms with Crippen molar-refractivity contribution in [2.45, 2.75) is 57.4 Å². The van der Waals surface area contributed by atoms with E-state index in [0.717, 1.165) is 50.2 Å². The number of hydrogen-bond donors (Lipinski definition) is 4. The molecule has 3 heterocycles. The zero-order valence-electron chi connectivity index (χ0n) is 18.9. The maximum atomic E-state index is 12.8. The number of amidine groups is 1. The van der Waals surface area contributed by atoms with E-state index in [-0.39, 0.29) is 18.9 Å². The highest BCUT2D eigenvalue weighted by Gasteiger charge is 2.55.